The molecule has 4 rings (SSSR count). The number of hydrogen-bond donors (Lipinski definition) is 2. The van der Waals surface area contributed by atoms with Gasteiger partial charge in [0.15, 0.2) is 6.10 Å². The lowest BCUT2D eigenvalue weighted by molar-refractivity contribution is -0.148. The van der Waals surface area contributed by atoms with E-state index >= 15 is 0 Å². The predicted octanol–water partition coefficient (Wildman–Crippen LogP) is 0.602. The molecule has 132 valence electrons. The Balaban J connectivity index is 1.50. The van der Waals surface area contributed by atoms with Crippen LogP contribution in [0.1, 0.15) is 17.3 Å². The summed E-state index contributed by atoms with van der Waals surface area (Å²) in [6.45, 7) is 0.155. The average molecular weight is 351 g/mol. The molecular weight excluding hydrogens is 334 g/mol. The van der Waals surface area contributed by atoms with E-state index in [2.05, 4.69) is 20.6 Å². The number of rotatable bonds is 4. The number of nitrogens with one attached hydrogen (secondary N) is 2. The van der Waals surface area contributed by atoms with Crippen LogP contribution in [0.25, 0.3) is 5.65 Å². The summed E-state index contributed by atoms with van der Waals surface area (Å²) in [4.78, 5) is 32.7. The third kappa shape index (κ3) is 3.14. The lowest BCUT2D eigenvalue weighted by atomic mass is 10.0. The molecule has 1 fully saturated rings. The molecule has 1 aliphatic rings. The van der Waals surface area contributed by atoms with Gasteiger partial charge in [0.1, 0.15) is 12.3 Å². The molecule has 4 heterocycles. The van der Waals surface area contributed by atoms with Gasteiger partial charge in [0.2, 0.25) is 5.91 Å². The Morgan fingerprint density at radius 3 is 3.08 bits per heavy atom. The van der Waals surface area contributed by atoms with Crippen molar-refractivity contribution in [3.8, 4) is 0 Å². The first-order valence-corrected chi connectivity index (χ1v) is 8.22. The Bertz CT molecular complexity index is 940. The lowest BCUT2D eigenvalue weighted by Crippen LogP contribution is -2.52. The van der Waals surface area contributed by atoms with Gasteiger partial charge in [-0.2, -0.15) is 0 Å². The van der Waals surface area contributed by atoms with Crippen LogP contribution in [0.3, 0.4) is 0 Å². The van der Waals surface area contributed by atoms with Crippen molar-refractivity contribution >= 4 is 17.5 Å². The van der Waals surface area contributed by atoms with Crippen molar-refractivity contribution in [2.24, 2.45) is 0 Å². The zero-order chi connectivity index (χ0) is 17.9. The van der Waals surface area contributed by atoms with Crippen LogP contribution >= 0.6 is 0 Å². The molecule has 0 unspecified atom stereocenters. The minimum absolute atomic E-state index is 0.148. The first kappa shape index (κ1) is 16.2. The number of hydrogen-bond acceptors (Lipinski definition) is 5. The highest BCUT2D eigenvalue weighted by atomic mass is 16.5. The number of pyridine rings is 2. The highest BCUT2D eigenvalue weighted by Gasteiger charge is 2.36. The number of imidazole rings is 1. The van der Waals surface area contributed by atoms with Crippen molar-refractivity contribution < 1.29 is 14.3 Å². The summed E-state index contributed by atoms with van der Waals surface area (Å²) in [5.74, 6) is -0.561. The van der Waals surface area contributed by atoms with Crippen molar-refractivity contribution in [1.82, 2.24) is 25.0 Å². The summed E-state index contributed by atoms with van der Waals surface area (Å²) in [5.41, 5.74) is 2.38. The van der Waals surface area contributed by atoms with Crippen LogP contribution in [-0.4, -0.2) is 38.9 Å². The highest BCUT2D eigenvalue weighted by molar-refractivity contribution is 5.86. The lowest BCUT2D eigenvalue weighted by Gasteiger charge is -2.31. The zero-order valence-electron chi connectivity index (χ0n) is 13.8. The summed E-state index contributed by atoms with van der Waals surface area (Å²) in [6.07, 6.45) is 6.03. The molecule has 0 saturated carbocycles. The second-order valence-corrected chi connectivity index (χ2v) is 5.96. The first-order valence-electron chi connectivity index (χ1n) is 8.22. The molecule has 1 aliphatic heterocycles. The number of amides is 2. The molecule has 26 heavy (non-hydrogen) atoms. The maximum atomic E-state index is 12.7. The maximum absolute atomic E-state index is 12.7. The van der Waals surface area contributed by atoms with Crippen LogP contribution in [0, 0.1) is 0 Å². The Kier molecular flexibility index (Phi) is 4.32. The molecule has 2 N–H and O–H groups in total. The normalized spacial score (nSPS) is 19.9. The van der Waals surface area contributed by atoms with Gasteiger partial charge in [-0.25, -0.2) is 4.98 Å². The Labute approximate surface area is 149 Å². The molecule has 8 nitrogen and oxygen atoms in total. The summed E-state index contributed by atoms with van der Waals surface area (Å²) < 4.78 is 7.41. The largest absolute Gasteiger partial charge is 0.356 e. The summed E-state index contributed by atoms with van der Waals surface area (Å²) in [6, 6.07) is 8.68. The van der Waals surface area contributed by atoms with Gasteiger partial charge in [-0.1, -0.05) is 12.1 Å². The molecule has 2 amide bonds. The monoisotopic (exact) mass is 351 g/mol. The van der Waals surface area contributed by atoms with Gasteiger partial charge in [-0.05, 0) is 23.8 Å². The van der Waals surface area contributed by atoms with E-state index in [0.29, 0.717) is 6.54 Å². The van der Waals surface area contributed by atoms with E-state index < -0.39 is 12.1 Å². The SMILES string of the molecule is O=C1CO[C@H](C(=O)NCc2cnc3ccccn23)[C@@H](c2cccnc2)N1. The zero-order valence-corrected chi connectivity index (χ0v) is 13.8. The van der Waals surface area contributed by atoms with E-state index in [1.165, 1.54) is 0 Å². The Morgan fingerprint density at radius 2 is 2.23 bits per heavy atom. The minimum Gasteiger partial charge on any atom is -0.356 e. The van der Waals surface area contributed by atoms with Gasteiger partial charge in [0.05, 0.1) is 24.5 Å². The van der Waals surface area contributed by atoms with Gasteiger partial charge < -0.3 is 19.8 Å². The van der Waals surface area contributed by atoms with Gasteiger partial charge in [0, 0.05) is 18.6 Å². The topological polar surface area (TPSA) is 97.6 Å². The minimum atomic E-state index is -0.823. The number of carbonyl (C=O) groups excluding carboxylic acids is 2. The van der Waals surface area contributed by atoms with Crippen molar-refractivity contribution in [2.45, 2.75) is 18.7 Å². The molecule has 0 spiro atoms. The number of nitrogens with zero attached hydrogens (tertiary/aromatic N) is 3. The fourth-order valence-electron chi connectivity index (χ4n) is 2.99. The summed E-state index contributed by atoms with van der Waals surface area (Å²) in [5, 5.41) is 5.67. The quantitative estimate of drug-likeness (QED) is 0.717. The average Bonchev–Trinajstić information content (AvgIpc) is 3.10. The van der Waals surface area contributed by atoms with Crippen LogP contribution in [0.4, 0.5) is 0 Å². The Morgan fingerprint density at radius 1 is 1.31 bits per heavy atom. The van der Waals surface area contributed by atoms with E-state index in [1.54, 1.807) is 30.7 Å². The molecule has 8 heteroatoms. The fraction of sp³-hybridized carbons (Fsp3) is 0.222. The van der Waals surface area contributed by atoms with Crippen LogP contribution < -0.4 is 10.6 Å². The van der Waals surface area contributed by atoms with Crippen LogP contribution in [0.2, 0.25) is 0 Å². The van der Waals surface area contributed by atoms with E-state index in [1.807, 2.05) is 28.8 Å². The van der Waals surface area contributed by atoms with Crippen LogP contribution in [-0.2, 0) is 20.9 Å². The Hall–Kier alpha value is -3.26. The van der Waals surface area contributed by atoms with E-state index in [-0.39, 0.29) is 18.4 Å². The van der Waals surface area contributed by atoms with Crippen molar-refractivity contribution in [3.05, 3.63) is 66.4 Å². The van der Waals surface area contributed by atoms with Crippen molar-refractivity contribution in [1.29, 1.82) is 0 Å². The van der Waals surface area contributed by atoms with Crippen LogP contribution in [0.15, 0.2) is 55.1 Å². The van der Waals surface area contributed by atoms with Crippen molar-refractivity contribution in [2.75, 3.05) is 6.61 Å². The highest BCUT2D eigenvalue weighted by Crippen LogP contribution is 2.22. The van der Waals surface area contributed by atoms with Gasteiger partial charge in [-0.15, -0.1) is 0 Å². The number of ether oxygens (including phenoxy) is 1. The second kappa shape index (κ2) is 6.93. The molecule has 0 aromatic carbocycles. The number of fused-ring (bicyclic) bond motifs is 1. The molecule has 0 aliphatic carbocycles. The molecule has 3 aromatic heterocycles. The molecule has 0 radical (unpaired) electrons. The van der Waals surface area contributed by atoms with Gasteiger partial charge >= 0.3 is 0 Å². The predicted molar refractivity (Wildman–Crippen MR) is 91.9 cm³/mol. The number of aromatic nitrogens is 3. The van der Waals surface area contributed by atoms with E-state index in [4.69, 9.17) is 4.74 Å². The molecule has 2 atom stereocenters. The molecule has 0 bridgehead atoms. The summed E-state index contributed by atoms with van der Waals surface area (Å²) in [7, 11) is 0. The van der Waals surface area contributed by atoms with E-state index in [9.17, 15) is 9.59 Å². The smallest absolute Gasteiger partial charge is 0.251 e. The van der Waals surface area contributed by atoms with Gasteiger partial charge in [0.25, 0.3) is 5.91 Å². The first-order chi connectivity index (χ1) is 12.7. The van der Waals surface area contributed by atoms with Crippen molar-refractivity contribution in [3.63, 3.8) is 0 Å². The van der Waals surface area contributed by atoms with Gasteiger partial charge in [-0.3, -0.25) is 14.6 Å². The fourth-order valence-corrected chi connectivity index (χ4v) is 2.99. The number of morpholine rings is 1. The molecular formula is C18H17N5O3. The number of carbonyl (C=O) groups is 2. The molecule has 3 aromatic rings. The summed E-state index contributed by atoms with van der Waals surface area (Å²) >= 11 is 0. The van der Waals surface area contributed by atoms with Crippen LogP contribution in [0.5, 0.6) is 0 Å². The standard InChI is InChI=1S/C18H17N5O3/c24-15-11-26-17(16(22-15)12-4-3-6-19-8-12)18(25)21-10-13-9-20-14-5-1-2-7-23(13)14/h1-9,16-17H,10-11H2,(H,21,25)(H,22,24)/t16-,17+/m1/s1. The van der Waals surface area contributed by atoms with E-state index in [0.717, 1.165) is 16.9 Å². The second-order valence-electron chi connectivity index (χ2n) is 5.96. The third-order valence-electron chi connectivity index (χ3n) is 4.25. The third-order valence-corrected chi connectivity index (χ3v) is 4.25. The maximum Gasteiger partial charge on any atom is 0.251 e. The molecule has 1 saturated heterocycles.